The summed E-state index contributed by atoms with van der Waals surface area (Å²) in [6, 6.07) is 10.4. The molecule has 122 valence electrons. The molecule has 4 nitrogen and oxygen atoms in total. The average molecular weight is 306 g/mol. The van der Waals surface area contributed by atoms with Crippen LogP contribution < -0.4 is 0 Å². The zero-order valence-corrected chi connectivity index (χ0v) is 13.7. The van der Waals surface area contributed by atoms with Gasteiger partial charge in [0.15, 0.2) is 5.79 Å². The Hall–Kier alpha value is -1.39. The molecule has 1 saturated heterocycles. The van der Waals surface area contributed by atoms with E-state index in [1.54, 1.807) is 0 Å². The summed E-state index contributed by atoms with van der Waals surface area (Å²) in [5, 5.41) is 0. The van der Waals surface area contributed by atoms with Gasteiger partial charge in [0.2, 0.25) is 0 Å². The Morgan fingerprint density at radius 1 is 1.36 bits per heavy atom. The minimum atomic E-state index is -0.557. The topological polar surface area (TPSA) is 44.8 Å². The molecule has 1 aliphatic heterocycles. The molecule has 2 rings (SSSR count). The summed E-state index contributed by atoms with van der Waals surface area (Å²) in [7, 11) is 1.43. The number of benzene rings is 1. The van der Waals surface area contributed by atoms with Crippen LogP contribution in [0.2, 0.25) is 0 Å². The molecule has 1 aromatic carbocycles. The fourth-order valence-corrected chi connectivity index (χ4v) is 2.88. The molecule has 0 unspecified atom stereocenters. The lowest BCUT2D eigenvalue weighted by molar-refractivity contribution is -0.152. The van der Waals surface area contributed by atoms with Crippen LogP contribution in [0.4, 0.5) is 0 Å². The van der Waals surface area contributed by atoms with Crippen LogP contribution in [0.3, 0.4) is 0 Å². The van der Waals surface area contributed by atoms with Crippen LogP contribution >= 0.6 is 0 Å². The summed E-state index contributed by atoms with van der Waals surface area (Å²) in [6.07, 6.45) is 3.30. The van der Waals surface area contributed by atoms with Gasteiger partial charge in [-0.25, -0.2) is 0 Å². The highest BCUT2D eigenvalue weighted by atomic mass is 16.7. The van der Waals surface area contributed by atoms with Gasteiger partial charge in [0.05, 0.1) is 26.2 Å². The quantitative estimate of drug-likeness (QED) is 0.725. The van der Waals surface area contributed by atoms with E-state index in [2.05, 4.69) is 24.3 Å². The van der Waals surface area contributed by atoms with Gasteiger partial charge in [-0.05, 0) is 44.6 Å². The summed E-state index contributed by atoms with van der Waals surface area (Å²) in [6.45, 7) is 4.36. The molecule has 0 aromatic heterocycles. The second-order valence-corrected chi connectivity index (χ2v) is 6.29. The molecule has 0 bridgehead atoms. The van der Waals surface area contributed by atoms with Crippen molar-refractivity contribution in [3.8, 4) is 0 Å². The third-order valence-corrected chi connectivity index (χ3v) is 4.10. The second-order valence-electron chi connectivity index (χ2n) is 6.29. The van der Waals surface area contributed by atoms with E-state index in [0.717, 1.165) is 19.3 Å². The number of rotatable bonds is 7. The number of ether oxygens (including phenoxy) is 3. The number of aryl methyl sites for hydroxylation is 1. The maximum absolute atomic E-state index is 11.7. The number of carbonyl (C=O) groups is 1. The summed E-state index contributed by atoms with van der Waals surface area (Å²) in [4.78, 5) is 11.7. The first-order valence-corrected chi connectivity index (χ1v) is 7.92. The van der Waals surface area contributed by atoms with Gasteiger partial charge in [-0.15, -0.1) is 0 Å². The first-order chi connectivity index (χ1) is 10.5. The van der Waals surface area contributed by atoms with E-state index in [1.807, 2.05) is 19.9 Å². The van der Waals surface area contributed by atoms with Gasteiger partial charge in [-0.3, -0.25) is 4.79 Å². The Bertz CT molecular complexity index is 469. The fraction of sp³-hybridized carbons (Fsp3) is 0.611. The minimum absolute atomic E-state index is 0.0372. The number of esters is 1. The molecule has 1 heterocycles. The van der Waals surface area contributed by atoms with Gasteiger partial charge in [-0.2, -0.15) is 0 Å². The van der Waals surface area contributed by atoms with E-state index in [-0.39, 0.29) is 18.0 Å². The van der Waals surface area contributed by atoms with Crippen LogP contribution in [0.1, 0.15) is 38.7 Å². The number of methoxy groups -OCH3 is 1. The molecule has 0 radical (unpaired) electrons. The average Bonchev–Trinajstić information content (AvgIpc) is 2.87. The van der Waals surface area contributed by atoms with Crippen LogP contribution in [0, 0.1) is 5.92 Å². The molecular weight excluding hydrogens is 280 g/mol. The predicted octanol–water partition coefficient (Wildman–Crippen LogP) is 3.34. The first-order valence-electron chi connectivity index (χ1n) is 7.92. The molecule has 0 N–H and O–H groups in total. The Labute approximate surface area is 132 Å². The standard InChI is InChI=1S/C18H26O4/c1-18(2)21-13-16(22-18)15(12-17(19)20-3)11-7-10-14-8-5-4-6-9-14/h4-6,8-9,15-16H,7,10-13H2,1-3H3/t15-,16-/m1/s1. The highest BCUT2D eigenvalue weighted by molar-refractivity contribution is 5.69. The smallest absolute Gasteiger partial charge is 0.305 e. The lowest BCUT2D eigenvalue weighted by atomic mass is 9.92. The lowest BCUT2D eigenvalue weighted by Gasteiger charge is -2.23. The van der Waals surface area contributed by atoms with Crippen LogP contribution in [-0.4, -0.2) is 31.6 Å². The van der Waals surface area contributed by atoms with E-state index in [0.29, 0.717) is 13.0 Å². The van der Waals surface area contributed by atoms with Crippen molar-refractivity contribution in [2.45, 2.75) is 51.4 Å². The summed E-state index contributed by atoms with van der Waals surface area (Å²) < 4.78 is 16.4. The van der Waals surface area contributed by atoms with E-state index >= 15 is 0 Å². The molecule has 0 aliphatic carbocycles. The summed E-state index contributed by atoms with van der Waals surface area (Å²) in [5.74, 6) is -0.602. The molecule has 0 amide bonds. The van der Waals surface area contributed by atoms with Crippen molar-refractivity contribution in [2.24, 2.45) is 5.92 Å². The van der Waals surface area contributed by atoms with Crippen LogP contribution in [0.25, 0.3) is 0 Å². The predicted molar refractivity (Wildman–Crippen MR) is 84.4 cm³/mol. The molecule has 1 aromatic rings. The van der Waals surface area contributed by atoms with Crippen LogP contribution in [0.15, 0.2) is 30.3 Å². The normalized spacial score (nSPS) is 21.5. The van der Waals surface area contributed by atoms with Crippen molar-refractivity contribution < 1.29 is 19.0 Å². The van der Waals surface area contributed by atoms with Gasteiger partial charge in [-0.1, -0.05) is 30.3 Å². The van der Waals surface area contributed by atoms with Crippen molar-refractivity contribution in [1.82, 2.24) is 0 Å². The largest absolute Gasteiger partial charge is 0.469 e. The number of hydrogen-bond donors (Lipinski definition) is 0. The summed E-state index contributed by atoms with van der Waals surface area (Å²) in [5.41, 5.74) is 1.32. The maximum atomic E-state index is 11.7. The van der Waals surface area contributed by atoms with Crippen molar-refractivity contribution in [2.75, 3.05) is 13.7 Å². The summed E-state index contributed by atoms with van der Waals surface area (Å²) >= 11 is 0. The van der Waals surface area contributed by atoms with Crippen molar-refractivity contribution in [3.05, 3.63) is 35.9 Å². The third kappa shape index (κ3) is 5.11. The van der Waals surface area contributed by atoms with Crippen LogP contribution in [-0.2, 0) is 25.4 Å². The van der Waals surface area contributed by atoms with Crippen LogP contribution in [0.5, 0.6) is 0 Å². The van der Waals surface area contributed by atoms with Gasteiger partial charge in [0.25, 0.3) is 0 Å². The van der Waals surface area contributed by atoms with Gasteiger partial charge in [0, 0.05) is 0 Å². The molecule has 2 atom stereocenters. The first kappa shape index (κ1) is 17.0. The Kier molecular flexibility index (Phi) is 5.98. The number of carbonyl (C=O) groups excluding carboxylic acids is 1. The Morgan fingerprint density at radius 3 is 2.68 bits per heavy atom. The highest BCUT2D eigenvalue weighted by Crippen LogP contribution is 2.31. The van der Waals surface area contributed by atoms with E-state index in [1.165, 1.54) is 12.7 Å². The minimum Gasteiger partial charge on any atom is -0.469 e. The molecule has 22 heavy (non-hydrogen) atoms. The van der Waals surface area contributed by atoms with Crippen molar-refractivity contribution >= 4 is 5.97 Å². The molecular formula is C18H26O4. The molecule has 0 saturated carbocycles. The zero-order valence-electron chi connectivity index (χ0n) is 13.7. The monoisotopic (exact) mass is 306 g/mol. The molecule has 1 aliphatic rings. The van der Waals surface area contributed by atoms with Crippen molar-refractivity contribution in [3.63, 3.8) is 0 Å². The lowest BCUT2D eigenvalue weighted by Crippen LogP contribution is -2.28. The van der Waals surface area contributed by atoms with E-state index in [4.69, 9.17) is 14.2 Å². The Morgan fingerprint density at radius 2 is 2.09 bits per heavy atom. The van der Waals surface area contributed by atoms with E-state index in [9.17, 15) is 4.79 Å². The molecule has 4 heteroatoms. The fourth-order valence-electron chi connectivity index (χ4n) is 2.88. The molecule has 0 spiro atoms. The van der Waals surface area contributed by atoms with Crippen molar-refractivity contribution in [1.29, 1.82) is 0 Å². The van der Waals surface area contributed by atoms with E-state index < -0.39 is 5.79 Å². The van der Waals surface area contributed by atoms with Gasteiger partial charge < -0.3 is 14.2 Å². The zero-order chi connectivity index (χ0) is 16.0. The molecule has 1 fully saturated rings. The number of hydrogen-bond acceptors (Lipinski definition) is 4. The third-order valence-electron chi connectivity index (χ3n) is 4.10. The maximum Gasteiger partial charge on any atom is 0.305 e. The van der Waals surface area contributed by atoms with Gasteiger partial charge >= 0.3 is 5.97 Å². The van der Waals surface area contributed by atoms with Gasteiger partial charge in [0.1, 0.15) is 0 Å². The second kappa shape index (κ2) is 7.75. The highest BCUT2D eigenvalue weighted by Gasteiger charge is 2.37. The SMILES string of the molecule is COC(=O)C[C@@H](CCCc1ccccc1)[C@H]1COC(C)(C)O1. The Balaban J connectivity index is 1.88.